The van der Waals surface area contributed by atoms with Crippen LogP contribution >= 0.6 is 11.3 Å². The van der Waals surface area contributed by atoms with E-state index in [2.05, 4.69) is 33.1 Å². The fraction of sp³-hybridized carbons (Fsp3) is 0.350. The number of aromatic amines is 1. The minimum Gasteiger partial charge on any atom is -0.379 e. The molecule has 0 unspecified atom stereocenters. The molecular formula is C20H21N5OS. The monoisotopic (exact) mass is 379 g/mol. The van der Waals surface area contributed by atoms with Crippen molar-refractivity contribution in [1.82, 2.24) is 19.9 Å². The van der Waals surface area contributed by atoms with Gasteiger partial charge < -0.3 is 15.2 Å². The van der Waals surface area contributed by atoms with Crippen LogP contribution in [0.15, 0.2) is 30.0 Å². The molecule has 0 aromatic carbocycles. The highest BCUT2D eigenvalue weighted by molar-refractivity contribution is 7.13. The van der Waals surface area contributed by atoms with Crippen molar-refractivity contribution >= 4 is 34.0 Å². The minimum absolute atomic E-state index is 0.0255. The van der Waals surface area contributed by atoms with Gasteiger partial charge in [0.25, 0.3) is 0 Å². The number of hydrogen-bond acceptors (Lipinski definition) is 5. The third kappa shape index (κ3) is 3.53. The number of hydrogen-bond donors (Lipinski definition) is 2. The Morgan fingerprint density at radius 1 is 1.48 bits per heavy atom. The first-order valence-corrected chi connectivity index (χ1v) is 9.87. The van der Waals surface area contributed by atoms with Crippen LogP contribution in [0.3, 0.4) is 0 Å². The van der Waals surface area contributed by atoms with Crippen LogP contribution in [0.1, 0.15) is 19.8 Å². The number of carbonyl (C=O) groups excluding carboxylic acids is 1. The first kappa shape index (κ1) is 17.6. The van der Waals surface area contributed by atoms with Crippen molar-refractivity contribution in [3.63, 3.8) is 0 Å². The number of fused-ring (bicyclic) bond motifs is 1. The van der Waals surface area contributed by atoms with Crippen LogP contribution in [0.25, 0.3) is 21.6 Å². The van der Waals surface area contributed by atoms with Crippen molar-refractivity contribution in [2.75, 3.05) is 18.4 Å². The van der Waals surface area contributed by atoms with Crippen LogP contribution in [-0.2, 0) is 4.79 Å². The molecule has 138 valence electrons. The molecule has 1 saturated heterocycles. The van der Waals surface area contributed by atoms with Gasteiger partial charge in [0.1, 0.15) is 10.7 Å². The van der Waals surface area contributed by atoms with E-state index in [1.807, 2.05) is 28.7 Å². The maximum atomic E-state index is 12.3. The molecule has 3 aromatic heterocycles. The lowest BCUT2D eigenvalue weighted by molar-refractivity contribution is -0.131. The molecule has 0 radical (unpaired) electrons. The maximum absolute atomic E-state index is 12.3. The molecule has 2 N–H and O–H groups in total. The van der Waals surface area contributed by atoms with Gasteiger partial charge in [-0.3, -0.25) is 4.79 Å². The summed E-state index contributed by atoms with van der Waals surface area (Å²) >= 11 is 1.59. The summed E-state index contributed by atoms with van der Waals surface area (Å²) in [6, 6.07) is 2.17. The van der Waals surface area contributed by atoms with Crippen LogP contribution < -0.4 is 5.32 Å². The van der Waals surface area contributed by atoms with E-state index in [1.165, 1.54) is 0 Å². The maximum Gasteiger partial charge on any atom is 0.234 e. The van der Waals surface area contributed by atoms with Crippen molar-refractivity contribution < 1.29 is 4.79 Å². The summed E-state index contributed by atoms with van der Waals surface area (Å²) in [4.78, 5) is 26.3. The predicted octanol–water partition coefficient (Wildman–Crippen LogP) is 3.36. The summed E-state index contributed by atoms with van der Waals surface area (Å²) in [5.41, 5.74) is 2.83. The first-order valence-electron chi connectivity index (χ1n) is 8.99. The van der Waals surface area contributed by atoms with Gasteiger partial charge in [0, 0.05) is 48.5 Å². The molecule has 0 saturated carbocycles. The van der Waals surface area contributed by atoms with Gasteiger partial charge in [0.2, 0.25) is 5.91 Å². The van der Waals surface area contributed by atoms with Crippen molar-refractivity contribution in [1.29, 1.82) is 0 Å². The minimum atomic E-state index is 0.0255. The molecule has 1 amide bonds. The second kappa shape index (κ2) is 7.41. The summed E-state index contributed by atoms with van der Waals surface area (Å²) < 4.78 is 0. The number of thiazole rings is 1. The second-order valence-corrected chi connectivity index (χ2v) is 7.88. The molecule has 3 aromatic rings. The van der Waals surface area contributed by atoms with E-state index in [1.54, 1.807) is 17.5 Å². The van der Waals surface area contributed by atoms with Crippen LogP contribution in [-0.4, -0.2) is 44.9 Å². The largest absolute Gasteiger partial charge is 0.379 e. The Hall–Kier alpha value is -2.85. The molecule has 0 aliphatic carbocycles. The number of H-pyrrole nitrogens is 1. The topological polar surface area (TPSA) is 73.9 Å². The van der Waals surface area contributed by atoms with E-state index in [0.29, 0.717) is 12.5 Å². The standard InChI is InChI=1S/C20H21N5OS/c1-3-4-17(26)25-11-13(2)9-14(12-25)24-18-15-5-6-21-19(15)23-10-16(18)20-22-7-8-27-20/h1,5-8,10,13-14H,4,9,11-12H2,2H3,(H2,21,23,24)/t13-,14+/m0/s1. The molecule has 4 rings (SSSR count). The lowest BCUT2D eigenvalue weighted by atomic mass is 9.95. The van der Waals surface area contributed by atoms with Gasteiger partial charge in [-0.2, -0.15) is 0 Å². The van der Waals surface area contributed by atoms with Crippen molar-refractivity contribution in [2.45, 2.75) is 25.8 Å². The van der Waals surface area contributed by atoms with Crippen LogP contribution in [0.5, 0.6) is 0 Å². The lowest BCUT2D eigenvalue weighted by Gasteiger charge is -2.37. The molecule has 0 spiro atoms. The molecule has 7 heteroatoms. The normalized spacial score (nSPS) is 19.8. The highest BCUT2D eigenvalue weighted by atomic mass is 32.1. The Morgan fingerprint density at radius 2 is 2.37 bits per heavy atom. The van der Waals surface area contributed by atoms with Crippen LogP contribution in [0, 0.1) is 18.3 Å². The number of carbonyl (C=O) groups is 1. The van der Waals surface area contributed by atoms with Gasteiger partial charge in [0.05, 0.1) is 17.7 Å². The van der Waals surface area contributed by atoms with E-state index >= 15 is 0 Å². The summed E-state index contributed by atoms with van der Waals surface area (Å²) in [5.74, 6) is 2.89. The van der Waals surface area contributed by atoms with E-state index < -0.39 is 0 Å². The summed E-state index contributed by atoms with van der Waals surface area (Å²) in [5, 5.41) is 7.61. The SMILES string of the molecule is C#CCC(=O)N1C[C@@H](C)C[C@@H](Nc2c(-c3nccs3)cnc3[nH]ccc23)C1. The molecule has 2 atom stereocenters. The van der Waals surface area contributed by atoms with Gasteiger partial charge >= 0.3 is 0 Å². The molecule has 4 heterocycles. The quantitative estimate of drug-likeness (QED) is 0.682. The van der Waals surface area contributed by atoms with Gasteiger partial charge in [-0.15, -0.1) is 17.8 Å². The average Bonchev–Trinajstić information content (AvgIpc) is 3.33. The molecule has 1 fully saturated rings. The van der Waals surface area contributed by atoms with Gasteiger partial charge in [-0.05, 0) is 18.4 Å². The van der Waals surface area contributed by atoms with Gasteiger partial charge in [-0.25, -0.2) is 9.97 Å². The number of nitrogens with zero attached hydrogens (tertiary/aromatic N) is 3. The van der Waals surface area contributed by atoms with E-state index in [4.69, 9.17) is 6.42 Å². The zero-order chi connectivity index (χ0) is 18.8. The van der Waals surface area contributed by atoms with E-state index in [-0.39, 0.29) is 18.4 Å². The van der Waals surface area contributed by atoms with Crippen LogP contribution in [0.2, 0.25) is 0 Å². The van der Waals surface area contributed by atoms with Gasteiger partial charge in [0.15, 0.2) is 0 Å². The van der Waals surface area contributed by atoms with E-state index in [0.717, 1.165) is 40.3 Å². The van der Waals surface area contributed by atoms with Crippen molar-refractivity contribution in [2.24, 2.45) is 5.92 Å². The average molecular weight is 379 g/mol. The molecule has 1 aliphatic rings. The smallest absolute Gasteiger partial charge is 0.234 e. The molecule has 6 nitrogen and oxygen atoms in total. The fourth-order valence-electron chi connectivity index (χ4n) is 3.75. The molecule has 27 heavy (non-hydrogen) atoms. The Labute approximate surface area is 162 Å². The van der Waals surface area contributed by atoms with Crippen LogP contribution in [0.4, 0.5) is 5.69 Å². The first-order chi connectivity index (χ1) is 13.2. The number of amides is 1. The number of aromatic nitrogens is 3. The second-order valence-electron chi connectivity index (χ2n) is 6.99. The van der Waals surface area contributed by atoms with Gasteiger partial charge in [-0.1, -0.05) is 12.8 Å². The number of likely N-dealkylation sites (tertiary alicyclic amines) is 1. The molecule has 0 bridgehead atoms. The third-order valence-corrected chi connectivity index (χ3v) is 5.67. The zero-order valence-electron chi connectivity index (χ0n) is 15.1. The number of rotatable bonds is 4. The number of nitrogens with one attached hydrogen (secondary N) is 2. The Bertz CT molecular complexity index is 988. The summed E-state index contributed by atoms with van der Waals surface area (Å²) in [6.07, 6.45) is 12.0. The lowest BCUT2D eigenvalue weighted by Crippen LogP contribution is -2.48. The summed E-state index contributed by atoms with van der Waals surface area (Å²) in [6.45, 7) is 3.58. The highest BCUT2D eigenvalue weighted by Crippen LogP contribution is 2.35. The molecule has 1 aliphatic heterocycles. The number of piperidine rings is 1. The van der Waals surface area contributed by atoms with Crippen molar-refractivity contribution in [3.05, 3.63) is 30.0 Å². The van der Waals surface area contributed by atoms with E-state index in [9.17, 15) is 4.79 Å². The Balaban J connectivity index is 1.66. The van der Waals surface area contributed by atoms with Crippen molar-refractivity contribution in [3.8, 4) is 22.9 Å². The Morgan fingerprint density at radius 3 is 3.15 bits per heavy atom. The summed E-state index contributed by atoms with van der Waals surface area (Å²) in [7, 11) is 0. The third-order valence-electron chi connectivity index (χ3n) is 4.86. The zero-order valence-corrected chi connectivity index (χ0v) is 15.9. The molecular weight excluding hydrogens is 358 g/mol. The highest BCUT2D eigenvalue weighted by Gasteiger charge is 2.28. The number of terminal acetylenes is 1. The number of pyridine rings is 1. The predicted molar refractivity (Wildman–Crippen MR) is 108 cm³/mol. The number of anilines is 1. The fourth-order valence-corrected chi connectivity index (χ4v) is 4.40. The Kier molecular flexibility index (Phi) is 4.82.